The second-order valence-electron chi connectivity index (χ2n) is 11.9. The van der Waals surface area contributed by atoms with Crippen LogP contribution in [-0.4, -0.2) is 15.0 Å². The number of hydrogen-bond donors (Lipinski definition) is 0. The summed E-state index contributed by atoms with van der Waals surface area (Å²) in [4.78, 5) is 0. The Morgan fingerprint density at radius 2 is 0.735 bits per heavy atom. The molecule has 0 bridgehead atoms. The maximum atomic E-state index is 6.73. The minimum absolute atomic E-state index is 0.230. The molecule has 0 amide bonds. The molecule has 0 spiro atoms. The number of para-hydroxylation sites is 4. The van der Waals surface area contributed by atoms with Gasteiger partial charge < -0.3 is 0 Å². The van der Waals surface area contributed by atoms with E-state index in [2.05, 4.69) is 52.0 Å². The van der Waals surface area contributed by atoms with E-state index in [1.807, 2.05) is 97.1 Å². The van der Waals surface area contributed by atoms with Crippen molar-refractivity contribution in [1.29, 1.82) is 0 Å². The van der Waals surface area contributed by atoms with Crippen molar-refractivity contribution in [2.45, 2.75) is 27.7 Å². The molecule has 8 rings (SSSR count). The molecule has 0 atom stereocenters. The molecule has 9 heteroatoms. The number of hydrogen-bond acceptors (Lipinski definition) is 6. The first-order valence-corrected chi connectivity index (χ1v) is 19.8. The van der Waals surface area contributed by atoms with Gasteiger partial charge in [-0.2, -0.15) is 0 Å². The summed E-state index contributed by atoms with van der Waals surface area (Å²) in [6.45, 7) is 8.36. The van der Waals surface area contributed by atoms with Crippen LogP contribution in [-0.2, 0) is 0 Å². The molecular weight excluding hydrogens is 717 g/mol. The zero-order valence-electron chi connectivity index (χ0n) is 27.3. The molecule has 8 aromatic rings. The SMILES string of the molecule is Cc1cc(C)c(Op2oc3ccccc3c3ccccc3o2)c([Se]c2cc(C)cc(C)c2Op2oc3ccccc3c3ccccc3o2)c1. The van der Waals surface area contributed by atoms with Crippen molar-refractivity contribution in [3.05, 3.63) is 144 Å². The van der Waals surface area contributed by atoms with E-state index in [-0.39, 0.29) is 15.0 Å². The molecule has 49 heavy (non-hydrogen) atoms. The average molecular weight is 750 g/mol. The molecule has 0 saturated heterocycles. The Bertz CT molecular complexity index is 2310. The fourth-order valence-corrected chi connectivity index (χ4v) is 11.3. The second-order valence-corrected chi connectivity index (χ2v) is 16.2. The molecular formula is C40H32O6P2Se. The van der Waals surface area contributed by atoms with Gasteiger partial charge in [0.05, 0.1) is 0 Å². The Labute approximate surface area is 291 Å². The first-order valence-electron chi connectivity index (χ1n) is 15.8. The Hall–Kier alpha value is -4.76. The first kappa shape index (κ1) is 31.5. The molecule has 0 saturated carbocycles. The number of fused-ring (bicyclic) bond motifs is 6. The summed E-state index contributed by atoms with van der Waals surface area (Å²) in [5, 5.41) is 3.90. The topological polar surface area (TPSA) is 71.0 Å². The van der Waals surface area contributed by atoms with Gasteiger partial charge in [0.25, 0.3) is 0 Å². The van der Waals surface area contributed by atoms with Gasteiger partial charge in [0, 0.05) is 0 Å². The fraction of sp³-hybridized carbons (Fsp3) is 0.100. The zero-order valence-corrected chi connectivity index (χ0v) is 30.8. The van der Waals surface area contributed by atoms with Crippen molar-refractivity contribution >= 4 is 84.2 Å². The Morgan fingerprint density at radius 1 is 0.429 bits per heavy atom. The van der Waals surface area contributed by atoms with Gasteiger partial charge in [-0.15, -0.1) is 0 Å². The molecule has 0 aliphatic carbocycles. The molecule has 0 fully saturated rings. The quantitative estimate of drug-likeness (QED) is 0.158. The van der Waals surface area contributed by atoms with Crippen molar-refractivity contribution in [3.8, 4) is 11.5 Å². The third-order valence-corrected chi connectivity index (χ3v) is 12.4. The van der Waals surface area contributed by atoms with E-state index in [4.69, 9.17) is 25.8 Å². The standard InChI is InChI=1S/C40H32O6P2Se/c1-25-21-27(3)39(45-47-41-33-17-9-5-13-29(33)30-14-6-10-18-34(30)42-47)37(23-25)49-38-24-26(2)22-28(4)40(38)46-48-43-35-19-11-7-15-31(35)32-16-8-12-20-36(32)44-48/h5-24H,1-4H3. The third kappa shape index (κ3) is 6.39. The molecule has 2 heterocycles. The molecule has 6 nitrogen and oxygen atoms in total. The first-order chi connectivity index (χ1) is 23.9. The molecule has 244 valence electrons. The van der Waals surface area contributed by atoms with Gasteiger partial charge in [-0.1, -0.05) is 0 Å². The average Bonchev–Trinajstić information content (AvgIpc) is 3.35. The molecule has 0 aliphatic heterocycles. The Morgan fingerprint density at radius 3 is 1.06 bits per heavy atom. The predicted octanol–water partition coefficient (Wildman–Crippen LogP) is 11.5. The summed E-state index contributed by atoms with van der Waals surface area (Å²) in [6, 6.07) is 40.6. The summed E-state index contributed by atoms with van der Waals surface area (Å²) >= 11 is -0.230. The van der Waals surface area contributed by atoms with E-state index < -0.39 is 16.5 Å². The summed E-state index contributed by atoms with van der Waals surface area (Å²) in [5.41, 5.74) is 7.24. The summed E-state index contributed by atoms with van der Waals surface area (Å²) < 4.78 is 41.3. The number of benzene rings is 6. The summed E-state index contributed by atoms with van der Waals surface area (Å²) in [5.74, 6) is 1.52. The van der Waals surface area contributed by atoms with Crippen LogP contribution in [0, 0.1) is 27.7 Å². The Balaban J connectivity index is 1.24. The summed E-state index contributed by atoms with van der Waals surface area (Å²) in [7, 11) is -3.62. The van der Waals surface area contributed by atoms with Crippen molar-refractivity contribution in [3.63, 3.8) is 0 Å². The molecule has 0 aliphatic rings. The number of aryl methyl sites for hydroxylation is 4. The van der Waals surface area contributed by atoms with Gasteiger partial charge in [0.1, 0.15) is 0 Å². The van der Waals surface area contributed by atoms with E-state index in [0.717, 1.165) is 86.6 Å². The fourth-order valence-electron chi connectivity index (χ4n) is 5.99. The van der Waals surface area contributed by atoms with E-state index in [9.17, 15) is 0 Å². The maximum absolute atomic E-state index is 6.73. The van der Waals surface area contributed by atoms with Crippen LogP contribution in [0.15, 0.2) is 138 Å². The second kappa shape index (κ2) is 13.3. The van der Waals surface area contributed by atoms with Crippen LogP contribution in [0.3, 0.4) is 0 Å². The summed E-state index contributed by atoms with van der Waals surface area (Å²) in [6.07, 6.45) is 0. The van der Waals surface area contributed by atoms with Crippen LogP contribution in [0.4, 0.5) is 0 Å². The van der Waals surface area contributed by atoms with Crippen LogP contribution in [0.1, 0.15) is 22.3 Å². The van der Waals surface area contributed by atoms with Gasteiger partial charge in [-0.25, -0.2) is 0 Å². The zero-order chi connectivity index (χ0) is 33.5. The molecule has 0 unspecified atom stereocenters. The van der Waals surface area contributed by atoms with Gasteiger partial charge in [-0.3, -0.25) is 0 Å². The van der Waals surface area contributed by atoms with Crippen LogP contribution >= 0.6 is 16.5 Å². The van der Waals surface area contributed by atoms with E-state index in [1.54, 1.807) is 0 Å². The molecule has 2 aromatic heterocycles. The Kier molecular flexibility index (Phi) is 8.53. The van der Waals surface area contributed by atoms with E-state index >= 15 is 0 Å². The molecule has 6 aromatic carbocycles. The van der Waals surface area contributed by atoms with Gasteiger partial charge in [-0.05, 0) is 0 Å². The van der Waals surface area contributed by atoms with E-state index in [1.165, 1.54) is 0 Å². The monoisotopic (exact) mass is 750 g/mol. The van der Waals surface area contributed by atoms with Gasteiger partial charge in [0.2, 0.25) is 0 Å². The predicted molar refractivity (Wildman–Crippen MR) is 202 cm³/mol. The molecule has 0 radical (unpaired) electrons. The van der Waals surface area contributed by atoms with Crippen LogP contribution in [0.5, 0.6) is 11.5 Å². The third-order valence-electron chi connectivity index (χ3n) is 8.14. The van der Waals surface area contributed by atoms with Crippen LogP contribution in [0.2, 0.25) is 0 Å². The molecule has 0 N–H and O–H groups in total. The van der Waals surface area contributed by atoms with Crippen molar-refractivity contribution in [2.24, 2.45) is 0 Å². The minimum atomic E-state index is -1.81. The normalized spacial score (nSPS) is 11.3. The van der Waals surface area contributed by atoms with Crippen molar-refractivity contribution in [1.82, 2.24) is 0 Å². The number of rotatable bonds is 6. The van der Waals surface area contributed by atoms with Crippen LogP contribution < -0.4 is 18.0 Å². The van der Waals surface area contributed by atoms with Gasteiger partial charge >= 0.3 is 293 Å². The van der Waals surface area contributed by atoms with Crippen LogP contribution in [0.25, 0.3) is 43.9 Å². The van der Waals surface area contributed by atoms with Crippen molar-refractivity contribution < 1.29 is 25.8 Å². The van der Waals surface area contributed by atoms with Gasteiger partial charge in [0.15, 0.2) is 0 Å². The van der Waals surface area contributed by atoms with Crippen molar-refractivity contribution in [2.75, 3.05) is 0 Å². The van der Waals surface area contributed by atoms with E-state index in [0.29, 0.717) is 0 Å².